The van der Waals surface area contributed by atoms with Crippen molar-refractivity contribution in [3.8, 4) is 11.1 Å². The van der Waals surface area contributed by atoms with Crippen molar-refractivity contribution in [2.75, 3.05) is 0 Å². The molecule has 2 aliphatic carbocycles. The Morgan fingerprint density at radius 3 is 2.64 bits per heavy atom. The highest BCUT2D eigenvalue weighted by Crippen LogP contribution is 2.60. The van der Waals surface area contributed by atoms with E-state index in [4.69, 9.17) is 4.74 Å². The molecule has 2 aliphatic rings. The Bertz CT molecular complexity index is 941. The van der Waals surface area contributed by atoms with Gasteiger partial charge in [0.1, 0.15) is 6.61 Å². The van der Waals surface area contributed by atoms with E-state index in [1.807, 2.05) is 32.0 Å². The van der Waals surface area contributed by atoms with E-state index in [9.17, 15) is 13.6 Å². The lowest BCUT2D eigenvalue weighted by Gasteiger charge is -2.14. The maximum atomic E-state index is 12.6. The number of aryl methyl sites for hydroxylation is 1. The Labute approximate surface area is 164 Å². The molecular formula is C24H24F2O2. The standard InChI is InChI=1S/C24H24F2O2/c1-24(2)20(13-21(25)26)22(24)23(27)28-14-16-9-6-12-19-17-10-4-3-7-15(17)8-5-11-18(16)19/h3-4,6-7,9-10,12-13,20,22H,5,8,11,14H2,1-2H3. The van der Waals surface area contributed by atoms with Gasteiger partial charge in [0.25, 0.3) is 6.08 Å². The third-order valence-corrected chi connectivity index (χ3v) is 6.29. The number of ether oxygens (including phenoxy) is 1. The van der Waals surface area contributed by atoms with Gasteiger partial charge in [0.15, 0.2) is 0 Å². The SMILES string of the molecule is CC1(C)C(C=C(F)F)C1C(=O)OCc1cccc2c1CCCc1ccccc1-2. The fourth-order valence-electron chi connectivity index (χ4n) is 4.59. The number of rotatable bonds is 4. The van der Waals surface area contributed by atoms with Gasteiger partial charge in [-0.1, -0.05) is 56.3 Å². The minimum absolute atomic E-state index is 0.186. The molecule has 4 heteroatoms. The second-order valence-electron chi connectivity index (χ2n) is 8.34. The smallest absolute Gasteiger partial charge is 0.310 e. The van der Waals surface area contributed by atoms with Crippen molar-refractivity contribution in [1.82, 2.24) is 0 Å². The van der Waals surface area contributed by atoms with Crippen LogP contribution < -0.4 is 0 Å². The molecule has 2 unspecified atom stereocenters. The summed E-state index contributed by atoms with van der Waals surface area (Å²) in [5.74, 6) is -1.35. The Morgan fingerprint density at radius 2 is 1.86 bits per heavy atom. The minimum atomic E-state index is -1.74. The zero-order valence-corrected chi connectivity index (χ0v) is 16.2. The molecule has 28 heavy (non-hydrogen) atoms. The van der Waals surface area contributed by atoms with E-state index in [-0.39, 0.29) is 12.6 Å². The van der Waals surface area contributed by atoms with Crippen LogP contribution in [0.2, 0.25) is 0 Å². The summed E-state index contributed by atoms with van der Waals surface area (Å²) in [6.45, 7) is 3.84. The first-order valence-corrected chi connectivity index (χ1v) is 9.78. The first-order valence-electron chi connectivity index (χ1n) is 9.78. The molecule has 0 radical (unpaired) electrons. The predicted octanol–water partition coefficient (Wildman–Crippen LogP) is 5.94. The number of benzene rings is 2. The number of esters is 1. The number of halogens is 2. The molecule has 2 aromatic carbocycles. The molecular weight excluding hydrogens is 358 g/mol. The number of hydrogen-bond donors (Lipinski definition) is 0. The van der Waals surface area contributed by atoms with Gasteiger partial charge in [0, 0.05) is 5.92 Å². The van der Waals surface area contributed by atoms with Gasteiger partial charge in [-0.3, -0.25) is 4.79 Å². The Kier molecular flexibility index (Phi) is 4.82. The molecule has 1 saturated carbocycles. The van der Waals surface area contributed by atoms with Gasteiger partial charge in [0.05, 0.1) is 5.92 Å². The normalized spacial score (nSPS) is 21.7. The average Bonchev–Trinajstić information content (AvgIpc) is 3.26. The lowest BCUT2D eigenvalue weighted by Crippen LogP contribution is -2.11. The number of hydrogen-bond acceptors (Lipinski definition) is 2. The quantitative estimate of drug-likeness (QED) is 0.612. The fourth-order valence-corrected chi connectivity index (χ4v) is 4.59. The molecule has 0 saturated heterocycles. The van der Waals surface area contributed by atoms with Gasteiger partial charge in [-0.05, 0) is 58.6 Å². The van der Waals surface area contributed by atoms with E-state index < -0.39 is 23.3 Å². The summed E-state index contributed by atoms with van der Waals surface area (Å²) in [7, 11) is 0. The average molecular weight is 382 g/mol. The van der Waals surface area contributed by atoms with Crippen LogP contribution in [0, 0.1) is 17.3 Å². The number of carbonyl (C=O) groups excluding carboxylic acids is 1. The van der Waals surface area contributed by atoms with Crippen LogP contribution in [0.15, 0.2) is 54.6 Å². The molecule has 146 valence electrons. The zero-order valence-electron chi connectivity index (χ0n) is 16.2. The summed E-state index contributed by atoms with van der Waals surface area (Å²) < 4.78 is 30.8. The highest BCUT2D eigenvalue weighted by molar-refractivity contribution is 5.78. The number of carbonyl (C=O) groups is 1. The van der Waals surface area contributed by atoms with Crippen molar-refractivity contribution in [3.63, 3.8) is 0 Å². The van der Waals surface area contributed by atoms with Crippen molar-refractivity contribution < 1.29 is 18.3 Å². The maximum absolute atomic E-state index is 12.6. The second kappa shape index (κ2) is 7.16. The summed E-state index contributed by atoms with van der Waals surface area (Å²) in [6, 6.07) is 14.5. The van der Waals surface area contributed by atoms with Crippen LogP contribution in [0.4, 0.5) is 8.78 Å². The van der Waals surface area contributed by atoms with E-state index in [0.29, 0.717) is 0 Å². The summed E-state index contributed by atoms with van der Waals surface area (Å²) in [5, 5.41) is 0. The summed E-state index contributed by atoms with van der Waals surface area (Å²) >= 11 is 0. The topological polar surface area (TPSA) is 26.3 Å². The molecule has 2 aromatic rings. The molecule has 2 nitrogen and oxygen atoms in total. The Balaban J connectivity index is 1.53. The summed E-state index contributed by atoms with van der Waals surface area (Å²) in [5.41, 5.74) is 5.54. The molecule has 2 atom stereocenters. The van der Waals surface area contributed by atoms with Gasteiger partial charge in [0.2, 0.25) is 0 Å². The molecule has 0 aliphatic heterocycles. The molecule has 0 aromatic heterocycles. The van der Waals surface area contributed by atoms with E-state index in [1.165, 1.54) is 22.3 Å². The van der Waals surface area contributed by atoms with Crippen molar-refractivity contribution in [2.24, 2.45) is 17.3 Å². The largest absolute Gasteiger partial charge is 0.461 e. The lowest BCUT2D eigenvalue weighted by molar-refractivity contribution is -0.147. The molecule has 0 amide bonds. The van der Waals surface area contributed by atoms with Gasteiger partial charge in [-0.15, -0.1) is 0 Å². The number of fused-ring (bicyclic) bond motifs is 3. The van der Waals surface area contributed by atoms with Crippen LogP contribution >= 0.6 is 0 Å². The lowest BCUT2D eigenvalue weighted by atomic mass is 9.93. The van der Waals surface area contributed by atoms with Gasteiger partial charge >= 0.3 is 5.97 Å². The second-order valence-corrected chi connectivity index (χ2v) is 8.34. The first kappa shape index (κ1) is 18.9. The minimum Gasteiger partial charge on any atom is -0.461 e. The Morgan fingerprint density at radius 1 is 1.11 bits per heavy atom. The zero-order chi connectivity index (χ0) is 19.9. The van der Waals surface area contributed by atoms with Crippen LogP contribution in [-0.4, -0.2) is 5.97 Å². The Hall–Kier alpha value is -2.49. The van der Waals surface area contributed by atoms with E-state index in [0.717, 1.165) is 30.9 Å². The van der Waals surface area contributed by atoms with Crippen molar-refractivity contribution in [1.29, 1.82) is 0 Å². The molecule has 0 N–H and O–H groups in total. The van der Waals surface area contributed by atoms with Crippen LogP contribution in [0.3, 0.4) is 0 Å². The monoisotopic (exact) mass is 382 g/mol. The van der Waals surface area contributed by atoms with Gasteiger partial charge < -0.3 is 4.74 Å². The molecule has 4 rings (SSSR count). The fraction of sp³-hybridized carbons (Fsp3) is 0.375. The highest BCUT2D eigenvalue weighted by atomic mass is 19.3. The van der Waals surface area contributed by atoms with Crippen LogP contribution in [0.5, 0.6) is 0 Å². The van der Waals surface area contributed by atoms with E-state index >= 15 is 0 Å². The van der Waals surface area contributed by atoms with E-state index in [2.05, 4.69) is 24.3 Å². The summed E-state index contributed by atoms with van der Waals surface area (Å²) in [4.78, 5) is 12.5. The third-order valence-electron chi connectivity index (χ3n) is 6.29. The maximum Gasteiger partial charge on any atom is 0.310 e. The highest BCUT2D eigenvalue weighted by Gasteiger charge is 2.62. The number of allylic oxidation sites excluding steroid dienone is 1. The van der Waals surface area contributed by atoms with E-state index in [1.54, 1.807) is 0 Å². The summed E-state index contributed by atoms with van der Waals surface area (Å²) in [6.07, 6.45) is 2.17. The van der Waals surface area contributed by atoms with Crippen molar-refractivity contribution in [3.05, 3.63) is 71.3 Å². The molecule has 0 heterocycles. The molecule has 0 spiro atoms. The van der Waals surface area contributed by atoms with Crippen LogP contribution in [0.25, 0.3) is 11.1 Å². The van der Waals surface area contributed by atoms with Gasteiger partial charge in [-0.2, -0.15) is 8.78 Å². The van der Waals surface area contributed by atoms with Crippen LogP contribution in [0.1, 0.15) is 37.0 Å². The first-order chi connectivity index (χ1) is 13.4. The van der Waals surface area contributed by atoms with Gasteiger partial charge in [-0.25, -0.2) is 0 Å². The third kappa shape index (κ3) is 3.36. The van der Waals surface area contributed by atoms with Crippen LogP contribution in [-0.2, 0) is 29.0 Å². The van der Waals surface area contributed by atoms with Crippen molar-refractivity contribution in [2.45, 2.75) is 39.7 Å². The molecule has 0 bridgehead atoms. The predicted molar refractivity (Wildman–Crippen MR) is 105 cm³/mol. The molecule has 1 fully saturated rings. The van der Waals surface area contributed by atoms with Crippen molar-refractivity contribution >= 4 is 5.97 Å².